The van der Waals surface area contributed by atoms with Gasteiger partial charge >= 0.3 is 0 Å². The van der Waals surface area contributed by atoms with E-state index in [9.17, 15) is 8.78 Å². The third-order valence-corrected chi connectivity index (χ3v) is 3.42. The van der Waals surface area contributed by atoms with Crippen molar-refractivity contribution in [3.05, 3.63) is 46.5 Å². The average molecular weight is 269 g/mol. The molecule has 0 spiro atoms. The van der Waals surface area contributed by atoms with Gasteiger partial charge in [-0.15, -0.1) is 11.3 Å². The quantitative estimate of drug-likeness (QED) is 0.877. The summed E-state index contributed by atoms with van der Waals surface area (Å²) in [5.41, 5.74) is 5.96. The molecule has 0 amide bonds. The first kappa shape index (κ1) is 12.9. The molecule has 1 aromatic heterocycles. The van der Waals surface area contributed by atoms with Gasteiger partial charge in [0, 0.05) is 30.2 Å². The third-order valence-electron chi connectivity index (χ3n) is 2.44. The van der Waals surface area contributed by atoms with Crippen LogP contribution in [0.3, 0.4) is 0 Å². The molecule has 0 unspecified atom stereocenters. The van der Waals surface area contributed by atoms with Crippen molar-refractivity contribution in [3.63, 3.8) is 0 Å². The van der Waals surface area contributed by atoms with Gasteiger partial charge in [0.1, 0.15) is 11.6 Å². The number of aromatic nitrogens is 1. The van der Waals surface area contributed by atoms with Crippen molar-refractivity contribution >= 4 is 16.5 Å². The molecule has 18 heavy (non-hydrogen) atoms. The van der Waals surface area contributed by atoms with Crippen LogP contribution in [0.25, 0.3) is 0 Å². The summed E-state index contributed by atoms with van der Waals surface area (Å²) < 4.78 is 26.0. The van der Waals surface area contributed by atoms with Crippen molar-refractivity contribution in [1.29, 1.82) is 0 Å². The maximum absolute atomic E-state index is 13.3. The van der Waals surface area contributed by atoms with E-state index in [1.54, 1.807) is 6.20 Å². The number of nitrogens with zero attached hydrogens (tertiary/aromatic N) is 1. The average Bonchev–Trinajstić information content (AvgIpc) is 2.80. The Labute approximate surface area is 108 Å². The summed E-state index contributed by atoms with van der Waals surface area (Å²) in [4.78, 5) is 5.12. The zero-order valence-electron chi connectivity index (χ0n) is 9.62. The second-order valence-electron chi connectivity index (χ2n) is 3.75. The molecular weight excluding hydrogens is 256 g/mol. The molecule has 0 saturated carbocycles. The molecular formula is C12H13F2N3S. The highest BCUT2D eigenvalue weighted by atomic mass is 32.1. The third kappa shape index (κ3) is 3.24. The standard InChI is InChI=1S/C12H13F2N3S/c13-9-2-1-8(11(14)5-9)3-4-16-12-17-7-10(6-15)18-12/h1-2,5,7H,3-4,6,15H2,(H,16,17). The number of hydrogen-bond donors (Lipinski definition) is 2. The second-order valence-corrected chi connectivity index (χ2v) is 4.86. The van der Waals surface area contributed by atoms with E-state index in [-0.39, 0.29) is 0 Å². The Morgan fingerprint density at radius 1 is 1.33 bits per heavy atom. The number of rotatable bonds is 5. The van der Waals surface area contributed by atoms with Crippen LogP contribution in [0.4, 0.5) is 13.9 Å². The fourth-order valence-corrected chi connectivity index (χ4v) is 2.23. The van der Waals surface area contributed by atoms with E-state index in [0.29, 0.717) is 25.1 Å². The highest BCUT2D eigenvalue weighted by Crippen LogP contribution is 2.17. The summed E-state index contributed by atoms with van der Waals surface area (Å²) in [5.74, 6) is -1.07. The first-order chi connectivity index (χ1) is 8.69. The lowest BCUT2D eigenvalue weighted by Gasteiger charge is -2.04. The minimum atomic E-state index is -0.559. The van der Waals surface area contributed by atoms with E-state index < -0.39 is 11.6 Å². The van der Waals surface area contributed by atoms with Crippen molar-refractivity contribution in [3.8, 4) is 0 Å². The highest BCUT2D eigenvalue weighted by Gasteiger charge is 2.04. The van der Waals surface area contributed by atoms with E-state index in [0.717, 1.165) is 16.1 Å². The van der Waals surface area contributed by atoms with Crippen molar-refractivity contribution in [2.75, 3.05) is 11.9 Å². The first-order valence-electron chi connectivity index (χ1n) is 5.51. The van der Waals surface area contributed by atoms with Crippen LogP contribution in [0, 0.1) is 11.6 Å². The molecule has 1 aromatic carbocycles. The van der Waals surface area contributed by atoms with Crippen LogP contribution in [-0.4, -0.2) is 11.5 Å². The molecule has 0 atom stereocenters. The number of anilines is 1. The largest absolute Gasteiger partial charge is 0.361 e. The molecule has 0 aliphatic carbocycles. The molecule has 0 radical (unpaired) electrons. The molecule has 0 aliphatic heterocycles. The second kappa shape index (κ2) is 5.88. The summed E-state index contributed by atoms with van der Waals surface area (Å²) in [7, 11) is 0. The van der Waals surface area contributed by atoms with Gasteiger partial charge in [0.25, 0.3) is 0 Å². The predicted octanol–water partition coefficient (Wildman–Crippen LogP) is 2.53. The molecule has 0 saturated heterocycles. The lowest BCUT2D eigenvalue weighted by atomic mass is 10.1. The van der Waals surface area contributed by atoms with Crippen LogP contribution in [0.5, 0.6) is 0 Å². The number of thiazole rings is 1. The Balaban J connectivity index is 1.88. The Hall–Kier alpha value is -1.53. The van der Waals surface area contributed by atoms with E-state index in [1.807, 2.05) is 0 Å². The Kier molecular flexibility index (Phi) is 4.22. The van der Waals surface area contributed by atoms with Gasteiger partial charge in [-0.3, -0.25) is 0 Å². The van der Waals surface area contributed by atoms with E-state index in [1.165, 1.54) is 23.5 Å². The minimum absolute atomic E-state index is 0.464. The molecule has 3 nitrogen and oxygen atoms in total. The Bertz CT molecular complexity index is 528. The number of halogens is 2. The Morgan fingerprint density at radius 3 is 2.83 bits per heavy atom. The smallest absolute Gasteiger partial charge is 0.182 e. The molecule has 3 N–H and O–H groups in total. The molecule has 6 heteroatoms. The first-order valence-corrected chi connectivity index (χ1v) is 6.33. The molecule has 0 bridgehead atoms. The normalized spacial score (nSPS) is 10.6. The lowest BCUT2D eigenvalue weighted by molar-refractivity contribution is 0.572. The van der Waals surface area contributed by atoms with E-state index in [4.69, 9.17) is 5.73 Å². The fourth-order valence-electron chi connectivity index (χ4n) is 1.51. The SMILES string of the molecule is NCc1cnc(NCCc2ccc(F)cc2F)s1. The zero-order valence-corrected chi connectivity index (χ0v) is 10.4. The van der Waals surface area contributed by atoms with Gasteiger partial charge in [0.05, 0.1) is 0 Å². The maximum Gasteiger partial charge on any atom is 0.182 e. The van der Waals surface area contributed by atoms with Crippen molar-refractivity contribution in [2.24, 2.45) is 5.73 Å². The molecule has 96 valence electrons. The van der Waals surface area contributed by atoms with E-state index in [2.05, 4.69) is 10.3 Å². The van der Waals surface area contributed by atoms with Crippen molar-refractivity contribution in [2.45, 2.75) is 13.0 Å². The van der Waals surface area contributed by atoms with Gasteiger partial charge in [-0.1, -0.05) is 6.07 Å². The number of nitrogens with two attached hydrogens (primary N) is 1. The summed E-state index contributed by atoms with van der Waals surface area (Å²) in [6.45, 7) is 1.01. The van der Waals surface area contributed by atoms with Crippen molar-refractivity contribution in [1.82, 2.24) is 4.98 Å². The summed E-state index contributed by atoms with van der Waals surface area (Å²) >= 11 is 1.47. The van der Waals surface area contributed by atoms with Gasteiger partial charge in [-0.2, -0.15) is 0 Å². The molecule has 2 rings (SSSR count). The van der Waals surface area contributed by atoms with Crippen LogP contribution in [0.2, 0.25) is 0 Å². The topological polar surface area (TPSA) is 50.9 Å². The zero-order chi connectivity index (χ0) is 13.0. The van der Waals surface area contributed by atoms with Crippen LogP contribution >= 0.6 is 11.3 Å². The van der Waals surface area contributed by atoms with Gasteiger partial charge in [0.15, 0.2) is 5.13 Å². The summed E-state index contributed by atoms with van der Waals surface area (Å²) in [5, 5.41) is 3.84. The molecule has 2 aromatic rings. The molecule has 1 heterocycles. The lowest BCUT2D eigenvalue weighted by Crippen LogP contribution is -2.05. The van der Waals surface area contributed by atoms with Gasteiger partial charge in [-0.25, -0.2) is 13.8 Å². The predicted molar refractivity (Wildman–Crippen MR) is 68.6 cm³/mol. The Morgan fingerprint density at radius 2 is 2.17 bits per heavy atom. The van der Waals surface area contributed by atoms with E-state index >= 15 is 0 Å². The maximum atomic E-state index is 13.3. The van der Waals surface area contributed by atoms with Gasteiger partial charge in [0.2, 0.25) is 0 Å². The van der Waals surface area contributed by atoms with Crippen LogP contribution < -0.4 is 11.1 Å². The monoisotopic (exact) mass is 269 g/mol. The number of hydrogen-bond acceptors (Lipinski definition) is 4. The number of nitrogens with one attached hydrogen (secondary N) is 1. The number of benzene rings is 1. The van der Waals surface area contributed by atoms with Gasteiger partial charge < -0.3 is 11.1 Å². The fraction of sp³-hybridized carbons (Fsp3) is 0.250. The molecule has 0 fully saturated rings. The van der Waals surface area contributed by atoms with Crippen LogP contribution in [0.1, 0.15) is 10.4 Å². The van der Waals surface area contributed by atoms with Gasteiger partial charge in [-0.05, 0) is 18.1 Å². The van der Waals surface area contributed by atoms with Crippen LogP contribution in [-0.2, 0) is 13.0 Å². The minimum Gasteiger partial charge on any atom is -0.361 e. The summed E-state index contributed by atoms with van der Waals surface area (Å²) in [6, 6.07) is 3.61. The van der Waals surface area contributed by atoms with Crippen LogP contribution in [0.15, 0.2) is 24.4 Å². The summed E-state index contributed by atoms with van der Waals surface area (Å²) in [6.07, 6.45) is 2.19. The highest BCUT2D eigenvalue weighted by molar-refractivity contribution is 7.15. The van der Waals surface area contributed by atoms with Crippen molar-refractivity contribution < 1.29 is 8.78 Å². The molecule has 0 aliphatic rings.